The van der Waals surface area contributed by atoms with Gasteiger partial charge in [0.05, 0.1) is 5.92 Å². The van der Waals surface area contributed by atoms with Crippen molar-refractivity contribution in [3.8, 4) is 0 Å². The summed E-state index contributed by atoms with van der Waals surface area (Å²) < 4.78 is 38.4. The first-order valence-corrected chi connectivity index (χ1v) is 7.44. The van der Waals surface area contributed by atoms with Crippen LogP contribution < -0.4 is 5.32 Å². The Labute approximate surface area is 117 Å². The van der Waals surface area contributed by atoms with Gasteiger partial charge in [-0.05, 0) is 39.2 Å². The second-order valence-electron chi connectivity index (χ2n) is 5.99. The number of nitrogens with one attached hydrogen (secondary N) is 1. The molecule has 1 heterocycles. The van der Waals surface area contributed by atoms with Crippen molar-refractivity contribution in [3.63, 3.8) is 0 Å². The van der Waals surface area contributed by atoms with Gasteiger partial charge >= 0.3 is 6.18 Å². The van der Waals surface area contributed by atoms with Gasteiger partial charge in [0, 0.05) is 25.0 Å². The first kappa shape index (κ1) is 15.6. The normalized spacial score (nSPS) is 29.5. The van der Waals surface area contributed by atoms with Crippen molar-refractivity contribution in [1.82, 2.24) is 10.2 Å². The Bertz CT molecular complexity index is 338. The topological polar surface area (TPSA) is 32.3 Å². The fourth-order valence-corrected chi connectivity index (χ4v) is 3.36. The lowest BCUT2D eigenvalue weighted by atomic mass is 9.80. The molecular weight excluding hydrogens is 269 g/mol. The van der Waals surface area contributed by atoms with Crippen LogP contribution in [0.3, 0.4) is 0 Å². The number of rotatable bonds is 2. The van der Waals surface area contributed by atoms with Crippen LogP contribution in [0, 0.1) is 11.8 Å². The molecule has 0 radical (unpaired) electrons. The van der Waals surface area contributed by atoms with Crippen LogP contribution in [0.1, 0.15) is 38.5 Å². The molecule has 0 aromatic carbocycles. The van der Waals surface area contributed by atoms with Crippen LogP contribution in [0.15, 0.2) is 0 Å². The number of hydrogen-bond acceptors (Lipinski definition) is 2. The number of likely N-dealkylation sites (tertiary alicyclic amines) is 1. The second-order valence-corrected chi connectivity index (χ2v) is 5.99. The Kier molecular flexibility index (Phi) is 4.94. The van der Waals surface area contributed by atoms with Crippen molar-refractivity contribution in [1.29, 1.82) is 0 Å². The number of hydrogen-bond donors (Lipinski definition) is 1. The van der Waals surface area contributed by atoms with E-state index < -0.39 is 18.0 Å². The summed E-state index contributed by atoms with van der Waals surface area (Å²) in [6.07, 6.45) is -1.11. The average Bonchev–Trinajstić information content (AvgIpc) is 2.46. The molecule has 3 nitrogen and oxygen atoms in total. The molecule has 2 atom stereocenters. The van der Waals surface area contributed by atoms with E-state index in [2.05, 4.69) is 5.32 Å². The molecule has 2 unspecified atom stereocenters. The Balaban J connectivity index is 1.89. The molecule has 0 aromatic heterocycles. The lowest BCUT2D eigenvalue weighted by molar-refractivity contribution is -0.187. The minimum absolute atomic E-state index is 0.0196. The van der Waals surface area contributed by atoms with Crippen molar-refractivity contribution in [2.24, 2.45) is 11.8 Å². The molecule has 0 aromatic rings. The Morgan fingerprint density at radius 2 is 1.80 bits per heavy atom. The van der Waals surface area contributed by atoms with E-state index in [0.29, 0.717) is 32.0 Å². The lowest BCUT2D eigenvalue weighted by Crippen LogP contribution is -2.47. The second kappa shape index (κ2) is 6.33. The number of halogens is 3. The molecule has 0 spiro atoms. The van der Waals surface area contributed by atoms with E-state index in [4.69, 9.17) is 0 Å². The largest absolute Gasteiger partial charge is 0.391 e. The van der Waals surface area contributed by atoms with Gasteiger partial charge in [-0.3, -0.25) is 4.79 Å². The van der Waals surface area contributed by atoms with Gasteiger partial charge in [-0.1, -0.05) is 6.42 Å². The quantitative estimate of drug-likeness (QED) is 0.848. The molecular formula is C14H23F3N2O. The van der Waals surface area contributed by atoms with Crippen molar-refractivity contribution < 1.29 is 18.0 Å². The number of alkyl halides is 3. The van der Waals surface area contributed by atoms with Crippen molar-refractivity contribution in [2.75, 3.05) is 20.1 Å². The number of carbonyl (C=O) groups excluding carboxylic acids is 1. The van der Waals surface area contributed by atoms with Gasteiger partial charge in [0.2, 0.25) is 5.91 Å². The van der Waals surface area contributed by atoms with Gasteiger partial charge in [-0.25, -0.2) is 0 Å². The van der Waals surface area contributed by atoms with Crippen molar-refractivity contribution in [2.45, 2.75) is 50.7 Å². The van der Waals surface area contributed by atoms with E-state index in [1.54, 1.807) is 4.90 Å². The van der Waals surface area contributed by atoms with Gasteiger partial charge in [0.15, 0.2) is 0 Å². The van der Waals surface area contributed by atoms with Crippen LogP contribution >= 0.6 is 0 Å². The maximum absolute atomic E-state index is 12.8. The molecule has 2 fully saturated rings. The van der Waals surface area contributed by atoms with Gasteiger partial charge < -0.3 is 10.2 Å². The number of piperidine rings is 1. The number of nitrogens with zero attached hydrogens (tertiary/aromatic N) is 1. The predicted octanol–water partition coefficient (Wildman–Crippen LogP) is 2.57. The maximum Gasteiger partial charge on any atom is 0.391 e. The first-order valence-electron chi connectivity index (χ1n) is 7.44. The highest BCUT2D eigenvalue weighted by atomic mass is 19.4. The van der Waals surface area contributed by atoms with E-state index in [1.165, 1.54) is 0 Å². The molecule has 2 aliphatic rings. The molecule has 20 heavy (non-hydrogen) atoms. The standard InChI is InChI=1S/C14H23F3N2O/c1-18-12-5-7-19(8-6-12)13(20)10-3-2-4-11(9-10)14(15,16)17/h10-12,18H,2-9H2,1H3. The summed E-state index contributed by atoms with van der Waals surface area (Å²) in [5.74, 6) is -1.78. The molecule has 0 bridgehead atoms. The molecule has 116 valence electrons. The van der Waals surface area contributed by atoms with Gasteiger partial charge in [-0.15, -0.1) is 0 Å². The first-order chi connectivity index (χ1) is 9.41. The summed E-state index contributed by atoms with van der Waals surface area (Å²) in [6, 6.07) is 0.424. The number of carbonyl (C=O) groups is 1. The summed E-state index contributed by atoms with van der Waals surface area (Å²) >= 11 is 0. The van der Waals surface area contributed by atoms with Crippen LogP contribution in [0.2, 0.25) is 0 Å². The summed E-state index contributed by atoms with van der Waals surface area (Å²) in [4.78, 5) is 14.1. The van der Waals surface area contributed by atoms with Crippen LogP contribution in [-0.2, 0) is 4.79 Å². The van der Waals surface area contributed by atoms with Gasteiger partial charge in [0.25, 0.3) is 0 Å². The Morgan fingerprint density at radius 1 is 1.15 bits per heavy atom. The molecule has 1 saturated carbocycles. The third kappa shape index (κ3) is 3.65. The summed E-state index contributed by atoms with van der Waals surface area (Å²) in [5.41, 5.74) is 0. The van der Waals surface area contributed by atoms with Crippen molar-refractivity contribution >= 4 is 5.91 Å². The molecule has 1 amide bonds. The summed E-state index contributed by atoms with van der Waals surface area (Å²) in [5, 5.41) is 3.18. The zero-order valence-corrected chi connectivity index (χ0v) is 11.9. The molecule has 1 aliphatic heterocycles. The Hall–Kier alpha value is -0.780. The van der Waals surface area contributed by atoms with E-state index in [0.717, 1.165) is 12.8 Å². The fourth-order valence-electron chi connectivity index (χ4n) is 3.36. The van der Waals surface area contributed by atoms with Crippen LogP contribution in [0.25, 0.3) is 0 Å². The average molecular weight is 292 g/mol. The lowest BCUT2D eigenvalue weighted by Gasteiger charge is -2.37. The SMILES string of the molecule is CNC1CCN(C(=O)C2CCCC(C(F)(F)F)C2)CC1. The van der Waals surface area contributed by atoms with Gasteiger partial charge in [-0.2, -0.15) is 13.2 Å². The monoisotopic (exact) mass is 292 g/mol. The minimum Gasteiger partial charge on any atom is -0.342 e. The molecule has 6 heteroatoms. The summed E-state index contributed by atoms with van der Waals surface area (Å²) in [7, 11) is 1.90. The van der Waals surface area contributed by atoms with Crippen LogP contribution in [0.4, 0.5) is 13.2 Å². The Morgan fingerprint density at radius 3 is 2.35 bits per heavy atom. The zero-order chi connectivity index (χ0) is 14.8. The molecule has 1 saturated heterocycles. The van der Waals surface area contributed by atoms with E-state index >= 15 is 0 Å². The van der Waals surface area contributed by atoms with E-state index in [1.807, 2.05) is 7.05 Å². The predicted molar refractivity (Wildman–Crippen MR) is 70.2 cm³/mol. The molecule has 1 aliphatic carbocycles. The molecule has 1 N–H and O–H groups in total. The third-order valence-corrected chi connectivity index (χ3v) is 4.70. The zero-order valence-electron chi connectivity index (χ0n) is 11.9. The molecule has 2 rings (SSSR count). The number of amides is 1. The highest BCUT2D eigenvalue weighted by molar-refractivity contribution is 5.79. The van der Waals surface area contributed by atoms with Crippen LogP contribution in [-0.4, -0.2) is 43.2 Å². The van der Waals surface area contributed by atoms with Crippen molar-refractivity contribution in [3.05, 3.63) is 0 Å². The highest BCUT2D eigenvalue weighted by Gasteiger charge is 2.44. The van der Waals surface area contributed by atoms with Gasteiger partial charge in [0.1, 0.15) is 0 Å². The van der Waals surface area contributed by atoms with E-state index in [-0.39, 0.29) is 18.7 Å². The summed E-state index contributed by atoms with van der Waals surface area (Å²) in [6.45, 7) is 1.33. The smallest absolute Gasteiger partial charge is 0.342 e. The minimum atomic E-state index is -4.15. The highest BCUT2D eigenvalue weighted by Crippen LogP contribution is 2.40. The fraction of sp³-hybridized carbons (Fsp3) is 0.929. The maximum atomic E-state index is 12.8. The van der Waals surface area contributed by atoms with Crippen LogP contribution in [0.5, 0.6) is 0 Å². The third-order valence-electron chi connectivity index (χ3n) is 4.70. The van der Waals surface area contributed by atoms with E-state index in [9.17, 15) is 18.0 Å².